The van der Waals surface area contributed by atoms with Crippen LogP contribution < -0.4 is 5.63 Å². The molecule has 4 rings (SSSR count). The number of aromatic hydroxyl groups is 1. The molecule has 2 heterocycles. The lowest BCUT2D eigenvalue weighted by atomic mass is 10.0. The molecule has 0 saturated heterocycles. The highest BCUT2D eigenvalue weighted by molar-refractivity contribution is 6.55. The highest BCUT2D eigenvalue weighted by Gasteiger charge is 2.30. The molecule has 2 aromatic carbocycles. The first kappa shape index (κ1) is 12.5. The Hall–Kier alpha value is -3.21. The molecular formula is C17H9NO4. The zero-order valence-electron chi connectivity index (χ0n) is 11.2. The summed E-state index contributed by atoms with van der Waals surface area (Å²) in [6.45, 7) is 0. The normalized spacial score (nSPS) is 13.3. The summed E-state index contributed by atoms with van der Waals surface area (Å²) in [6, 6.07) is 13.4. The van der Waals surface area contributed by atoms with E-state index in [2.05, 4.69) is 4.99 Å². The van der Waals surface area contributed by atoms with Crippen molar-refractivity contribution in [2.45, 2.75) is 0 Å². The molecule has 0 amide bonds. The molecule has 1 N–H and O–H groups in total. The lowest BCUT2D eigenvalue weighted by molar-refractivity contribution is 0.106. The smallest absolute Gasteiger partial charge is 0.349 e. The first-order valence-electron chi connectivity index (χ1n) is 6.64. The number of carbonyl (C=O) groups excluding carboxylic acids is 1. The zero-order chi connectivity index (χ0) is 15.3. The van der Waals surface area contributed by atoms with E-state index in [0.29, 0.717) is 16.6 Å². The van der Waals surface area contributed by atoms with Gasteiger partial charge in [0, 0.05) is 5.56 Å². The molecule has 0 atom stereocenters. The maximum absolute atomic E-state index is 12.4. The van der Waals surface area contributed by atoms with Gasteiger partial charge in [0.1, 0.15) is 22.6 Å². The van der Waals surface area contributed by atoms with Crippen LogP contribution in [0.2, 0.25) is 0 Å². The highest BCUT2D eigenvalue weighted by atomic mass is 16.4. The fraction of sp³-hybridized carbons (Fsp3) is 0. The van der Waals surface area contributed by atoms with Crippen LogP contribution in [0.5, 0.6) is 5.75 Å². The first-order valence-corrected chi connectivity index (χ1v) is 6.64. The SMILES string of the molecule is O=C1C(c2c(O)c3ccccc3oc2=O)=Nc2ccccc21. The van der Waals surface area contributed by atoms with Crippen LogP contribution in [0.25, 0.3) is 11.0 Å². The van der Waals surface area contributed by atoms with Crippen LogP contribution in [-0.2, 0) is 0 Å². The summed E-state index contributed by atoms with van der Waals surface area (Å²) < 4.78 is 5.18. The predicted octanol–water partition coefficient (Wildman–Crippen LogP) is 2.82. The number of para-hydroxylation sites is 2. The summed E-state index contributed by atoms with van der Waals surface area (Å²) in [5, 5.41) is 10.8. The molecular weight excluding hydrogens is 282 g/mol. The first-order chi connectivity index (χ1) is 10.7. The van der Waals surface area contributed by atoms with E-state index >= 15 is 0 Å². The Morgan fingerprint density at radius 1 is 0.955 bits per heavy atom. The van der Waals surface area contributed by atoms with E-state index in [1.165, 1.54) is 0 Å². The second kappa shape index (κ2) is 4.39. The van der Waals surface area contributed by atoms with Crippen LogP contribution in [0.1, 0.15) is 15.9 Å². The third-order valence-corrected chi connectivity index (χ3v) is 3.62. The van der Waals surface area contributed by atoms with Crippen molar-refractivity contribution in [2.24, 2.45) is 4.99 Å². The van der Waals surface area contributed by atoms with Gasteiger partial charge < -0.3 is 9.52 Å². The highest BCUT2D eigenvalue weighted by Crippen LogP contribution is 2.32. The fourth-order valence-corrected chi connectivity index (χ4v) is 2.57. The van der Waals surface area contributed by atoms with Crippen LogP contribution in [-0.4, -0.2) is 16.6 Å². The van der Waals surface area contributed by atoms with E-state index in [4.69, 9.17) is 4.42 Å². The van der Waals surface area contributed by atoms with Crippen molar-refractivity contribution < 1.29 is 14.3 Å². The number of nitrogens with zero attached hydrogens (tertiary/aromatic N) is 1. The number of aliphatic imine (C=N–C) groups is 1. The third kappa shape index (κ3) is 1.62. The summed E-state index contributed by atoms with van der Waals surface area (Å²) in [5.41, 5.74) is 0.0884. The van der Waals surface area contributed by atoms with Crippen molar-refractivity contribution in [1.82, 2.24) is 0 Å². The minimum Gasteiger partial charge on any atom is -0.506 e. The van der Waals surface area contributed by atoms with Crippen molar-refractivity contribution in [3.63, 3.8) is 0 Å². The van der Waals surface area contributed by atoms with Crippen molar-refractivity contribution in [1.29, 1.82) is 0 Å². The van der Waals surface area contributed by atoms with Crippen molar-refractivity contribution >= 4 is 28.2 Å². The molecule has 0 unspecified atom stereocenters. The van der Waals surface area contributed by atoms with Gasteiger partial charge in [-0.3, -0.25) is 4.79 Å². The van der Waals surface area contributed by atoms with E-state index in [9.17, 15) is 14.7 Å². The second-order valence-corrected chi connectivity index (χ2v) is 4.92. The monoisotopic (exact) mass is 291 g/mol. The number of rotatable bonds is 1. The topological polar surface area (TPSA) is 79.9 Å². The largest absolute Gasteiger partial charge is 0.506 e. The number of fused-ring (bicyclic) bond motifs is 2. The molecule has 1 aliphatic heterocycles. The van der Waals surface area contributed by atoms with E-state index < -0.39 is 11.4 Å². The average Bonchev–Trinajstić information content (AvgIpc) is 2.85. The molecule has 5 heteroatoms. The van der Waals surface area contributed by atoms with Crippen LogP contribution >= 0.6 is 0 Å². The molecule has 106 valence electrons. The summed E-state index contributed by atoms with van der Waals surface area (Å²) in [6.07, 6.45) is 0. The molecule has 0 spiro atoms. The summed E-state index contributed by atoms with van der Waals surface area (Å²) in [5.74, 6) is -0.680. The summed E-state index contributed by atoms with van der Waals surface area (Å²) >= 11 is 0. The van der Waals surface area contributed by atoms with E-state index in [0.717, 1.165) is 0 Å². The number of benzene rings is 2. The van der Waals surface area contributed by atoms with E-state index in [-0.39, 0.29) is 22.6 Å². The van der Waals surface area contributed by atoms with Gasteiger partial charge in [0.25, 0.3) is 0 Å². The van der Waals surface area contributed by atoms with Gasteiger partial charge in [-0.15, -0.1) is 0 Å². The van der Waals surface area contributed by atoms with Gasteiger partial charge in [-0.05, 0) is 24.3 Å². The van der Waals surface area contributed by atoms with Crippen molar-refractivity contribution in [3.05, 3.63) is 70.1 Å². The van der Waals surface area contributed by atoms with E-state index in [1.54, 1.807) is 48.5 Å². The molecule has 0 bridgehead atoms. The van der Waals surface area contributed by atoms with Gasteiger partial charge in [0.05, 0.1) is 11.1 Å². The molecule has 0 radical (unpaired) electrons. The molecule has 1 aromatic heterocycles. The minimum absolute atomic E-state index is 0.0850. The zero-order valence-corrected chi connectivity index (χ0v) is 11.2. The van der Waals surface area contributed by atoms with Crippen molar-refractivity contribution in [3.8, 4) is 5.75 Å². The second-order valence-electron chi connectivity index (χ2n) is 4.92. The molecule has 0 saturated carbocycles. The van der Waals surface area contributed by atoms with Gasteiger partial charge in [0.15, 0.2) is 0 Å². The quantitative estimate of drug-likeness (QED) is 0.699. The van der Waals surface area contributed by atoms with Gasteiger partial charge in [-0.2, -0.15) is 0 Å². The van der Waals surface area contributed by atoms with Crippen LogP contribution in [0.4, 0.5) is 5.69 Å². The van der Waals surface area contributed by atoms with Gasteiger partial charge in [-0.1, -0.05) is 24.3 Å². The molecule has 3 aromatic rings. The number of carbonyl (C=O) groups is 1. The Morgan fingerprint density at radius 2 is 1.68 bits per heavy atom. The number of ketones is 1. The standard InChI is InChI=1S/C17H9NO4/c19-15-10-6-2-4-8-12(10)22-17(21)13(15)14-16(20)9-5-1-3-7-11(9)18-14/h1-8,19H. The molecule has 0 fully saturated rings. The summed E-state index contributed by atoms with van der Waals surface area (Å²) in [4.78, 5) is 28.8. The molecule has 22 heavy (non-hydrogen) atoms. The lowest BCUT2D eigenvalue weighted by Crippen LogP contribution is -2.20. The maximum atomic E-state index is 12.4. The van der Waals surface area contributed by atoms with Gasteiger partial charge in [-0.25, -0.2) is 9.79 Å². The number of Topliss-reactive ketones (excluding diaryl/α,β-unsaturated/α-hetero) is 1. The Bertz CT molecular complexity index is 1030. The maximum Gasteiger partial charge on any atom is 0.349 e. The average molecular weight is 291 g/mol. The minimum atomic E-state index is -0.781. The Balaban J connectivity index is 2.01. The van der Waals surface area contributed by atoms with Crippen molar-refractivity contribution in [2.75, 3.05) is 0 Å². The number of hydrogen-bond acceptors (Lipinski definition) is 5. The third-order valence-electron chi connectivity index (χ3n) is 3.62. The predicted molar refractivity (Wildman–Crippen MR) is 81.1 cm³/mol. The van der Waals surface area contributed by atoms with Gasteiger partial charge in [0.2, 0.25) is 5.78 Å². The van der Waals surface area contributed by atoms with Crippen LogP contribution in [0, 0.1) is 0 Å². The molecule has 0 aliphatic carbocycles. The number of hydrogen-bond donors (Lipinski definition) is 1. The van der Waals surface area contributed by atoms with Gasteiger partial charge >= 0.3 is 5.63 Å². The lowest BCUT2D eigenvalue weighted by Gasteiger charge is -2.05. The Morgan fingerprint density at radius 3 is 2.50 bits per heavy atom. The molecule has 1 aliphatic rings. The van der Waals surface area contributed by atoms with Crippen LogP contribution in [0.3, 0.4) is 0 Å². The van der Waals surface area contributed by atoms with Crippen LogP contribution in [0.15, 0.2) is 62.7 Å². The molecule has 5 nitrogen and oxygen atoms in total. The summed E-state index contributed by atoms with van der Waals surface area (Å²) in [7, 11) is 0. The fourth-order valence-electron chi connectivity index (χ4n) is 2.57. The Labute approximate surface area is 124 Å². The Kier molecular flexibility index (Phi) is 2.50. The van der Waals surface area contributed by atoms with E-state index in [1.807, 2.05) is 0 Å².